The minimum atomic E-state index is -0.434. The number of thiophene rings is 1. The fourth-order valence-corrected chi connectivity index (χ4v) is 2.22. The lowest BCUT2D eigenvalue weighted by Gasteiger charge is -1.96. The third-order valence-corrected chi connectivity index (χ3v) is 3.27. The molecule has 0 saturated heterocycles. The molecule has 5 heteroatoms. The summed E-state index contributed by atoms with van der Waals surface area (Å²) in [6.07, 6.45) is 1.66. The second-order valence-corrected chi connectivity index (χ2v) is 4.56. The Morgan fingerprint density at radius 2 is 2.00 bits per heavy atom. The summed E-state index contributed by atoms with van der Waals surface area (Å²) in [6, 6.07) is 14.4. The summed E-state index contributed by atoms with van der Waals surface area (Å²) in [5, 5.41) is 19.8. The van der Waals surface area contributed by atoms with E-state index in [0.717, 1.165) is 16.9 Å². The van der Waals surface area contributed by atoms with Crippen molar-refractivity contribution in [2.75, 3.05) is 0 Å². The van der Waals surface area contributed by atoms with Crippen molar-refractivity contribution in [2.45, 2.75) is 0 Å². The Labute approximate surface area is 108 Å². The molecule has 18 heavy (non-hydrogen) atoms. The first-order chi connectivity index (χ1) is 8.70. The van der Waals surface area contributed by atoms with Crippen LogP contribution in [-0.4, -0.2) is 4.92 Å². The Bertz CT molecular complexity index is 639. The van der Waals surface area contributed by atoms with Gasteiger partial charge in [-0.25, -0.2) is 0 Å². The molecule has 2 rings (SSSR count). The molecule has 0 aliphatic rings. The van der Waals surface area contributed by atoms with E-state index in [0.29, 0.717) is 10.5 Å². The van der Waals surface area contributed by atoms with Crippen LogP contribution in [0.15, 0.2) is 42.5 Å². The Morgan fingerprint density at radius 1 is 1.28 bits per heavy atom. The molecule has 0 amide bonds. The fraction of sp³-hybridized carbons (Fsp3) is 0. The minimum Gasteiger partial charge on any atom is -0.258 e. The zero-order valence-corrected chi connectivity index (χ0v) is 10.1. The largest absolute Gasteiger partial charge is 0.324 e. The molecule has 0 atom stereocenters. The van der Waals surface area contributed by atoms with Crippen molar-refractivity contribution in [1.29, 1.82) is 5.26 Å². The van der Waals surface area contributed by atoms with Crippen molar-refractivity contribution >= 4 is 28.0 Å². The summed E-state index contributed by atoms with van der Waals surface area (Å²) in [7, 11) is 0. The first-order valence-electron chi connectivity index (χ1n) is 5.12. The number of hydrogen-bond donors (Lipinski definition) is 0. The second kappa shape index (κ2) is 5.25. The molecule has 0 unspecified atom stereocenters. The van der Waals surface area contributed by atoms with E-state index in [2.05, 4.69) is 6.07 Å². The molecule has 1 aromatic heterocycles. The number of nitrogens with zero attached hydrogens (tertiary/aromatic N) is 2. The number of nitro groups is 1. The van der Waals surface area contributed by atoms with Gasteiger partial charge in [-0.2, -0.15) is 5.26 Å². The SMILES string of the molecule is N#CC(=Cc1ccc([N+](=O)[O-])s1)c1ccccc1. The molecule has 0 bridgehead atoms. The highest BCUT2D eigenvalue weighted by Crippen LogP contribution is 2.27. The molecule has 0 saturated carbocycles. The van der Waals surface area contributed by atoms with Crippen molar-refractivity contribution in [3.05, 3.63) is 63.0 Å². The molecule has 4 nitrogen and oxygen atoms in total. The number of rotatable bonds is 3. The third-order valence-electron chi connectivity index (χ3n) is 2.28. The summed E-state index contributed by atoms with van der Waals surface area (Å²) in [4.78, 5) is 10.8. The zero-order chi connectivity index (χ0) is 13.0. The monoisotopic (exact) mass is 256 g/mol. The molecular weight excluding hydrogens is 248 g/mol. The molecular formula is C13H8N2O2S. The van der Waals surface area contributed by atoms with Crippen LogP contribution >= 0.6 is 11.3 Å². The first-order valence-corrected chi connectivity index (χ1v) is 5.94. The molecule has 0 N–H and O–H groups in total. The Hall–Kier alpha value is -2.45. The highest BCUT2D eigenvalue weighted by atomic mass is 32.1. The maximum atomic E-state index is 10.6. The summed E-state index contributed by atoms with van der Waals surface area (Å²) in [5.74, 6) is 0. The van der Waals surface area contributed by atoms with E-state index >= 15 is 0 Å². The van der Waals surface area contributed by atoms with Gasteiger partial charge in [0.2, 0.25) is 0 Å². The van der Waals surface area contributed by atoms with Gasteiger partial charge in [0.25, 0.3) is 0 Å². The third kappa shape index (κ3) is 2.62. The summed E-state index contributed by atoms with van der Waals surface area (Å²) in [6.45, 7) is 0. The van der Waals surface area contributed by atoms with E-state index < -0.39 is 4.92 Å². The van der Waals surface area contributed by atoms with Crippen molar-refractivity contribution in [3.8, 4) is 6.07 Å². The van der Waals surface area contributed by atoms with Crippen molar-refractivity contribution in [3.63, 3.8) is 0 Å². The van der Waals surface area contributed by atoms with E-state index in [9.17, 15) is 10.1 Å². The topological polar surface area (TPSA) is 66.9 Å². The van der Waals surface area contributed by atoms with Crippen LogP contribution in [0.25, 0.3) is 11.6 Å². The van der Waals surface area contributed by atoms with Crippen LogP contribution in [0, 0.1) is 21.4 Å². The molecule has 2 aromatic rings. The van der Waals surface area contributed by atoms with Crippen LogP contribution in [0.4, 0.5) is 5.00 Å². The Balaban J connectivity index is 2.36. The van der Waals surface area contributed by atoms with Crippen LogP contribution < -0.4 is 0 Å². The van der Waals surface area contributed by atoms with Gasteiger partial charge in [0, 0.05) is 10.9 Å². The van der Waals surface area contributed by atoms with E-state index in [4.69, 9.17) is 5.26 Å². The van der Waals surface area contributed by atoms with Crippen molar-refractivity contribution in [1.82, 2.24) is 0 Å². The quantitative estimate of drug-likeness (QED) is 0.477. The van der Waals surface area contributed by atoms with E-state index in [-0.39, 0.29) is 5.00 Å². The van der Waals surface area contributed by atoms with E-state index in [1.165, 1.54) is 6.07 Å². The molecule has 88 valence electrons. The summed E-state index contributed by atoms with van der Waals surface area (Å²) >= 11 is 1.05. The lowest BCUT2D eigenvalue weighted by molar-refractivity contribution is -0.380. The molecule has 1 aromatic carbocycles. The van der Waals surface area contributed by atoms with Gasteiger partial charge in [-0.15, -0.1) is 0 Å². The molecule has 0 spiro atoms. The predicted octanol–water partition coefficient (Wildman–Crippen LogP) is 3.72. The highest BCUT2D eigenvalue weighted by molar-refractivity contribution is 7.16. The number of nitriles is 1. The maximum Gasteiger partial charge on any atom is 0.324 e. The van der Waals surface area contributed by atoms with Crippen LogP contribution in [-0.2, 0) is 0 Å². The lowest BCUT2D eigenvalue weighted by atomic mass is 10.1. The predicted molar refractivity (Wildman–Crippen MR) is 70.9 cm³/mol. The van der Waals surface area contributed by atoms with Crippen LogP contribution in [0.5, 0.6) is 0 Å². The Morgan fingerprint density at radius 3 is 2.56 bits per heavy atom. The lowest BCUT2D eigenvalue weighted by Crippen LogP contribution is -1.80. The number of benzene rings is 1. The van der Waals surface area contributed by atoms with Gasteiger partial charge >= 0.3 is 5.00 Å². The maximum absolute atomic E-state index is 10.6. The van der Waals surface area contributed by atoms with Gasteiger partial charge in [0.1, 0.15) is 0 Å². The fourth-order valence-electron chi connectivity index (χ4n) is 1.46. The standard InChI is InChI=1S/C13H8N2O2S/c14-9-11(10-4-2-1-3-5-10)8-12-6-7-13(18-12)15(16)17/h1-8H. The average molecular weight is 256 g/mol. The average Bonchev–Trinajstić information content (AvgIpc) is 2.86. The van der Waals surface area contributed by atoms with Gasteiger partial charge < -0.3 is 0 Å². The summed E-state index contributed by atoms with van der Waals surface area (Å²) in [5.41, 5.74) is 1.29. The zero-order valence-electron chi connectivity index (χ0n) is 9.24. The van der Waals surface area contributed by atoms with Gasteiger partial charge in [0.05, 0.1) is 16.6 Å². The van der Waals surface area contributed by atoms with Gasteiger partial charge in [-0.05, 0) is 17.7 Å². The van der Waals surface area contributed by atoms with E-state index in [1.54, 1.807) is 12.1 Å². The first kappa shape index (κ1) is 12.0. The minimum absolute atomic E-state index is 0.0756. The molecule has 0 fully saturated rings. The smallest absolute Gasteiger partial charge is 0.258 e. The second-order valence-electron chi connectivity index (χ2n) is 3.47. The van der Waals surface area contributed by atoms with Gasteiger partial charge in [-0.1, -0.05) is 41.7 Å². The Kier molecular flexibility index (Phi) is 3.51. The van der Waals surface area contributed by atoms with Crippen molar-refractivity contribution in [2.24, 2.45) is 0 Å². The normalized spacial score (nSPS) is 10.9. The molecule has 1 heterocycles. The molecule has 0 radical (unpaired) electrons. The van der Waals surface area contributed by atoms with Crippen molar-refractivity contribution < 1.29 is 4.92 Å². The summed E-state index contributed by atoms with van der Waals surface area (Å²) < 4.78 is 0. The van der Waals surface area contributed by atoms with E-state index in [1.807, 2.05) is 30.3 Å². The molecule has 0 aliphatic carbocycles. The highest BCUT2D eigenvalue weighted by Gasteiger charge is 2.09. The van der Waals surface area contributed by atoms with Gasteiger partial charge in [0.15, 0.2) is 0 Å². The van der Waals surface area contributed by atoms with Crippen LogP contribution in [0.1, 0.15) is 10.4 Å². The number of allylic oxidation sites excluding steroid dienone is 1. The van der Waals surface area contributed by atoms with Gasteiger partial charge in [-0.3, -0.25) is 10.1 Å². The molecule has 0 aliphatic heterocycles. The van der Waals surface area contributed by atoms with Crippen LogP contribution in [0.3, 0.4) is 0 Å². The van der Waals surface area contributed by atoms with Crippen LogP contribution in [0.2, 0.25) is 0 Å². The number of hydrogen-bond acceptors (Lipinski definition) is 4.